The number of amides is 2. The Morgan fingerprint density at radius 3 is 2.64 bits per heavy atom. The molecule has 0 radical (unpaired) electrons. The monoisotopic (exact) mass is 382 g/mol. The van der Waals surface area contributed by atoms with Crippen LogP contribution in [0.25, 0.3) is 6.08 Å². The number of nitrogens with zero attached hydrogens (tertiary/aromatic N) is 2. The highest BCUT2D eigenvalue weighted by atomic mass is 16.4. The lowest BCUT2D eigenvalue weighted by molar-refractivity contribution is -0.150. The Hall–Kier alpha value is -2.63. The van der Waals surface area contributed by atoms with Crippen LogP contribution in [-0.2, 0) is 14.4 Å². The molecule has 4 unspecified atom stereocenters. The highest BCUT2D eigenvalue weighted by molar-refractivity contribution is 5.86. The Kier molecular flexibility index (Phi) is 4.96. The molecule has 28 heavy (non-hydrogen) atoms. The van der Waals surface area contributed by atoms with E-state index >= 15 is 0 Å². The number of benzene rings is 1. The molecule has 1 saturated heterocycles. The summed E-state index contributed by atoms with van der Waals surface area (Å²) in [4.78, 5) is 40.6. The number of hydrogen-bond donors (Lipinski definition) is 1. The lowest BCUT2D eigenvalue weighted by Crippen LogP contribution is -2.47. The van der Waals surface area contributed by atoms with Crippen molar-refractivity contribution in [3.63, 3.8) is 0 Å². The van der Waals surface area contributed by atoms with Crippen molar-refractivity contribution >= 4 is 23.9 Å². The van der Waals surface area contributed by atoms with Crippen molar-refractivity contribution in [3.8, 4) is 0 Å². The van der Waals surface area contributed by atoms with Crippen LogP contribution in [-0.4, -0.2) is 44.8 Å². The first-order chi connectivity index (χ1) is 13.5. The van der Waals surface area contributed by atoms with Crippen LogP contribution in [0.2, 0.25) is 0 Å². The molecule has 3 aliphatic rings. The zero-order chi connectivity index (χ0) is 19.8. The predicted molar refractivity (Wildman–Crippen MR) is 104 cm³/mol. The number of carboxylic acid groups (broad SMARTS) is 1. The van der Waals surface area contributed by atoms with E-state index in [1.54, 1.807) is 16.0 Å². The van der Waals surface area contributed by atoms with E-state index in [1.165, 1.54) is 6.92 Å². The lowest BCUT2D eigenvalue weighted by Gasteiger charge is -2.37. The van der Waals surface area contributed by atoms with Gasteiger partial charge >= 0.3 is 5.97 Å². The van der Waals surface area contributed by atoms with E-state index < -0.39 is 18.1 Å². The summed E-state index contributed by atoms with van der Waals surface area (Å²) in [6, 6.07) is 6.61. The smallest absolute Gasteiger partial charge is 0.326 e. The zero-order valence-corrected chi connectivity index (χ0v) is 16.1. The van der Waals surface area contributed by atoms with Gasteiger partial charge in [0.25, 0.3) is 0 Å². The molecule has 4 atom stereocenters. The molecular formula is C22H26N2O4. The molecule has 2 fully saturated rings. The predicted octanol–water partition coefficient (Wildman–Crippen LogP) is 3.19. The normalized spacial score (nSPS) is 28.6. The third kappa shape index (κ3) is 3.21. The molecule has 0 spiro atoms. The molecule has 0 aromatic heterocycles. The molecule has 6 heteroatoms. The first-order valence-corrected chi connectivity index (χ1v) is 10.1. The van der Waals surface area contributed by atoms with E-state index in [-0.39, 0.29) is 30.2 Å². The van der Waals surface area contributed by atoms with Crippen LogP contribution in [0.3, 0.4) is 0 Å². The SMILES string of the molecule is CC(=O)N1C=Cc2ccccc2C1CC(=O)N1C(C(=O)O)CC2CCCCC21. The number of rotatable bonds is 3. The molecule has 2 aliphatic heterocycles. The Labute approximate surface area is 164 Å². The number of carbonyl (C=O) groups excluding carboxylic acids is 2. The third-order valence-electron chi connectivity index (χ3n) is 6.50. The summed E-state index contributed by atoms with van der Waals surface area (Å²) in [5.41, 5.74) is 1.92. The molecule has 2 heterocycles. The van der Waals surface area contributed by atoms with Crippen molar-refractivity contribution in [3.05, 3.63) is 41.6 Å². The van der Waals surface area contributed by atoms with Crippen LogP contribution in [0.1, 0.15) is 62.6 Å². The van der Waals surface area contributed by atoms with E-state index in [2.05, 4.69) is 0 Å². The standard InChI is InChI=1S/C22H26N2O4/c1-14(25)23-11-10-15-6-2-4-8-17(15)19(23)13-21(26)24-18-9-5-3-7-16(18)12-20(24)22(27)28/h2,4,6,8,10-11,16,18-20H,3,5,7,9,12-13H2,1H3,(H,27,28). The molecule has 148 valence electrons. The maximum atomic E-state index is 13.4. The van der Waals surface area contributed by atoms with Gasteiger partial charge in [0.1, 0.15) is 6.04 Å². The molecular weight excluding hydrogens is 356 g/mol. The molecule has 1 aliphatic carbocycles. The van der Waals surface area contributed by atoms with Crippen molar-refractivity contribution in [1.29, 1.82) is 0 Å². The summed E-state index contributed by atoms with van der Waals surface area (Å²) < 4.78 is 0. The second-order valence-electron chi connectivity index (χ2n) is 8.09. The number of aliphatic carboxylic acids is 1. The van der Waals surface area contributed by atoms with Gasteiger partial charge in [0.2, 0.25) is 11.8 Å². The van der Waals surface area contributed by atoms with Gasteiger partial charge in [-0.05, 0) is 42.4 Å². The fraction of sp³-hybridized carbons (Fsp3) is 0.500. The molecule has 1 N–H and O–H groups in total. The molecule has 1 saturated carbocycles. The Balaban J connectivity index is 1.63. The maximum Gasteiger partial charge on any atom is 0.326 e. The number of carboxylic acids is 1. The topological polar surface area (TPSA) is 77.9 Å². The average molecular weight is 382 g/mol. The highest BCUT2D eigenvalue weighted by Crippen LogP contribution is 2.41. The van der Waals surface area contributed by atoms with E-state index in [0.717, 1.165) is 36.8 Å². The highest BCUT2D eigenvalue weighted by Gasteiger charge is 2.48. The number of fused-ring (bicyclic) bond motifs is 2. The lowest BCUT2D eigenvalue weighted by atomic mass is 9.84. The maximum absolute atomic E-state index is 13.4. The average Bonchev–Trinajstić information content (AvgIpc) is 3.08. The Morgan fingerprint density at radius 1 is 1.14 bits per heavy atom. The molecule has 0 bridgehead atoms. The van der Waals surface area contributed by atoms with Gasteiger partial charge in [-0.1, -0.05) is 37.1 Å². The van der Waals surface area contributed by atoms with Crippen molar-refractivity contribution in [1.82, 2.24) is 9.80 Å². The first kappa shape index (κ1) is 18.7. The van der Waals surface area contributed by atoms with E-state index in [4.69, 9.17) is 0 Å². The number of hydrogen-bond acceptors (Lipinski definition) is 3. The van der Waals surface area contributed by atoms with E-state index in [0.29, 0.717) is 6.42 Å². The van der Waals surface area contributed by atoms with E-state index in [9.17, 15) is 19.5 Å². The number of likely N-dealkylation sites (tertiary alicyclic amines) is 1. The largest absolute Gasteiger partial charge is 0.480 e. The number of carbonyl (C=O) groups is 3. The summed E-state index contributed by atoms with van der Waals surface area (Å²) >= 11 is 0. The summed E-state index contributed by atoms with van der Waals surface area (Å²) in [5.74, 6) is -0.935. The van der Waals surface area contributed by atoms with Gasteiger partial charge in [-0.25, -0.2) is 4.79 Å². The van der Waals surface area contributed by atoms with Crippen LogP contribution in [0.15, 0.2) is 30.5 Å². The minimum absolute atomic E-state index is 0.0162. The third-order valence-corrected chi connectivity index (χ3v) is 6.50. The van der Waals surface area contributed by atoms with Gasteiger partial charge in [0.05, 0.1) is 12.5 Å². The van der Waals surface area contributed by atoms with Crippen LogP contribution >= 0.6 is 0 Å². The fourth-order valence-corrected chi connectivity index (χ4v) is 5.22. The second kappa shape index (κ2) is 7.41. The van der Waals surface area contributed by atoms with Gasteiger partial charge in [-0.3, -0.25) is 9.59 Å². The van der Waals surface area contributed by atoms with Crippen molar-refractivity contribution in [2.24, 2.45) is 5.92 Å². The van der Waals surface area contributed by atoms with Crippen molar-refractivity contribution < 1.29 is 19.5 Å². The minimum Gasteiger partial charge on any atom is -0.480 e. The van der Waals surface area contributed by atoms with E-state index in [1.807, 2.05) is 30.3 Å². The van der Waals surface area contributed by atoms with Crippen LogP contribution < -0.4 is 0 Å². The van der Waals surface area contributed by atoms with Crippen LogP contribution in [0.4, 0.5) is 0 Å². The zero-order valence-electron chi connectivity index (χ0n) is 16.1. The van der Waals surface area contributed by atoms with Gasteiger partial charge in [0.15, 0.2) is 0 Å². The van der Waals surface area contributed by atoms with Crippen LogP contribution in [0.5, 0.6) is 0 Å². The van der Waals surface area contributed by atoms with Gasteiger partial charge in [0, 0.05) is 19.2 Å². The molecule has 2 amide bonds. The van der Waals surface area contributed by atoms with Gasteiger partial charge in [-0.15, -0.1) is 0 Å². The second-order valence-corrected chi connectivity index (χ2v) is 8.09. The molecule has 4 rings (SSSR count). The Bertz CT molecular complexity index is 834. The molecule has 6 nitrogen and oxygen atoms in total. The Morgan fingerprint density at radius 2 is 1.89 bits per heavy atom. The minimum atomic E-state index is -0.921. The quantitative estimate of drug-likeness (QED) is 0.871. The van der Waals surface area contributed by atoms with Crippen molar-refractivity contribution in [2.75, 3.05) is 0 Å². The van der Waals surface area contributed by atoms with Gasteiger partial charge in [-0.2, -0.15) is 0 Å². The summed E-state index contributed by atoms with van der Waals surface area (Å²) in [7, 11) is 0. The van der Waals surface area contributed by atoms with Gasteiger partial charge < -0.3 is 14.9 Å². The molecule has 1 aromatic carbocycles. The van der Waals surface area contributed by atoms with Crippen molar-refractivity contribution in [2.45, 2.75) is 63.6 Å². The van der Waals surface area contributed by atoms with Crippen LogP contribution in [0, 0.1) is 5.92 Å². The summed E-state index contributed by atoms with van der Waals surface area (Å²) in [6.45, 7) is 1.49. The first-order valence-electron chi connectivity index (χ1n) is 10.1. The molecule has 1 aromatic rings. The summed E-state index contributed by atoms with van der Waals surface area (Å²) in [5, 5.41) is 9.71. The fourth-order valence-electron chi connectivity index (χ4n) is 5.22. The summed E-state index contributed by atoms with van der Waals surface area (Å²) in [6.07, 6.45) is 8.26.